The Kier molecular flexibility index (Phi) is 313. The molecule has 0 unspecified atom stereocenters. The van der Waals surface area contributed by atoms with Crippen molar-refractivity contribution in [1.29, 1.82) is 0 Å². The average molecular weight is 501 g/mol. The van der Waals surface area contributed by atoms with E-state index >= 15 is 0 Å². The Morgan fingerprint density at radius 2 is 1.00 bits per heavy atom. The van der Waals surface area contributed by atoms with Crippen LogP contribution in [0.25, 0.3) is 0 Å². The van der Waals surface area contributed by atoms with E-state index < -0.39 is 0 Å². The van der Waals surface area contributed by atoms with Gasteiger partial charge < -0.3 is 0 Å². The number of hydrogen-bond acceptors (Lipinski definition) is 0. The van der Waals surface area contributed by atoms with Crippen molar-refractivity contribution in [3.63, 3.8) is 0 Å². The maximum atomic E-state index is 0. The van der Waals surface area contributed by atoms with Gasteiger partial charge in [0, 0.05) is 77.6 Å². The zero-order valence-electron chi connectivity index (χ0n) is 1.51. The molecule has 0 saturated heterocycles. The van der Waals surface area contributed by atoms with E-state index in [1.54, 1.807) is 0 Å². The Morgan fingerprint density at radius 1 is 1.00 bits per heavy atom. The molecule has 0 saturated carbocycles. The third-order valence-electron chi connectivity index (χ3n) is 0. The molecule has 5 heteroatoms. The van der Waals surface area contributed by atoms with Gasteiger partial charge in [-0.2, -0.15) is 0 Å². The molecule has 0 aliphatic carbocycles. The summed E-state index contributed by atoms with van der Waals surface area (Å²) in [5.41, 5.74) is 0. The Morgan fingerprint density at radius 3 is 1.00 bits per heavy atom. The predicted octanol–water partition coefficient (Wildman–Crippen LogP) is -1.19. The zero-order valence-corrected chi connectivity index (χ0v) is 9.31. The van der Waals surface area contributed by atoms with Gasteiger partial charge in [0.2, 0.25) is 0 Å². The first-order chi connectivity index (χ1) is 0. The van der Waals surface area contributed by atoms with Gasteiger partial charge >= 0.3 is 0 Å². The smallest absolute Gasteiger partial charge is 0 e. The van der Waals surface area contributed by atoms with Gasteiger partial charge in [-0.3, -0.25) is 0 Å². The van der Waals surface area contributed by atoms with E-state index in [2.05, 4.69) is 0 Å². The fourth-order valence-corrected chi connectivity index (χ4v) is 0. The molecule has 0 fully saturated rings. The van der Waals surface area contributed by atoms with Crippen LogP contribution in [0.15, 0.2) is 0 Å². The van der Waals surface area contributed by atoms with Gasteiger partial charge in [0.1, 0.15) is 0 Å². The Hall–Kier alpha value is 2.53. The maximum absolute atomic E-state index is 0. The predicted molar refractivity (Wildman–Crippen MR) is 9.94 cm³/mol. The van der Waals surface area contributed by atoms with Crippen LogP contribution in [0.3, 0.4) is 0 Å². The molecule has 0 nitrogen and oxygen atoms in total. The van der Waals surface area contributed by atoms with Crippen LogP contribution in [-0.2, 0) is 77.6 Å². The first kappa shape index (κ1) is 50.1. The monoisotopic (exact) mass is 501 g/mol. The zero-order chi connectivity index (χ0) is 0. The summed E-state index contributed by atoms with van der Waals surface area (Å²) in [4.78, 5) is 0. The second kappa shape index (κ2) is 31.2. The van der Waals surface area contributed by atoms with Crippen molar-refractivity contribution in [1.82, 2.24) is 0 Å². The Balaban J connectivity index is 0. The van der Waals surface area contributed by atoms with E-state index in [-0.39, 0.29) is 86.0 Å². The van der Waals surface area contributed by atoms with Crippen LogP contribution in [-0.4, -0.2) is 8.41 Å². The second-order valence-corrected chi connectivity index (χ2v) is 0. The molecule has 0 aliphatic heterocycles. The van der Waals surface area contributed by atoms with Gasteiger partial charge in [-0.15, -0.1) is 0 Å². The Labute approximate surface area is 84.9 Å². The van der Waals surface area contributed by atoms with E-state index in [1.165, 1.54) is 0 Å². The normalized spacial score (nSPS) is 0. The molecule has 2 radical (unpaired) electrons. The largest absolute Gasteiger partial charge is 0.0814 e. The average Bonchev–Trinajstić information content (AvgIpc) is 0. The quantitative estimate of drug-likeness (QED) is 0.367. The minimum absolute atomic E-state index is 0. The maximum Gasteiger partial charge on any atom is 0.0814 e. The standard InChI is InChI=1S/BH3.Co.Cr.Pt.Ta/h1H3;;;;. The first-order valence-corrected chi connectivity index (χ1v) is 0. The van der Waals surface area contributed by atoms with E-state index in [4.69, 9.17) is 0 Å². The van der Waals surface area contributed by atoms with Crippen LogP contribution >= 0.6 is 0 Å². The molecule has 0 amide bonds. The molecule has 0 bridgehead atoms. The molecule has 0 aromatic heterocycles. The molecule has 0 heterocycles. The molecule has 0 rings (SSSR count). The summed E-state index contributed by atoms with van der Waals surface area (Å²) in [6, 6.07) is 0. The van der Waals surface area contributed by atoms with Crippen molar-refractivity contribution < 1.29 is 77.6 Å². The van der Waals surface area contributed by atoms with Crippen LogP contribution in [0.4, 0.5) is 0 Å². The number of rotatable bonds is 0. The molecule has 0 aliphatic rings. The third-order valence-corrected chi connectivity index (χ3v) is 0. The summed E-state index contributed by atoms with van der Waals surface area (Å²) in [6.07, 6.45) is 0. The molecule has 0 N–H and O–H groups in total. The molecular weight excluding hydrogens is 498 g/mol. The summed E-state index contributed by atoms with van der Waals surface area (Å²) < 4.78 is 0. The van der Waals surface area contributed by atoms with Crippen molar-refractivity contribution in [2.24, 2.45) is 0 Å². The van der Waals surface area contributed by atoms with E-state index in [0.29, 0.717) is 0 Å². The van der Waals surface area contributed by atoms with Crippen LogP contribution in [0.1, 0.15) is 0 Å². The molecule has 0 spiro atoms. The van der Waals surface area contributed by atoms with Gasteiger partial charge in [-0.1, -0.05) is 0 Å². The van der Waals surface area contributed by atoms with Crippen molar-refractivity contribution in [3.8, 4) is 0 Å². The van der Waals surface area contributed by atoms with E-state index in [0.717, 1.165) is 0 Å². The Bertz CT molecular complexity index is 11.6. The van der Waals surface area contributed by atoms with Gasteiger partial charge in [-0.05, 0) is 0 Å². The van der Waals surface area contributed by atoms with Gasteiger partial charge in [0.25, 0.3) is 0 Å². The summed E-state index contributed by atoms with van der Waals surface area (Å²) in [6.45, 7) is 0. The summed E-state index contributed by atoms with van der Waals surface area (Å²) >= 11 is 0. The van der Waals surface area contributed by atoms with Crippen molar-refractivity contribution >= 4 is 8.41 Å². The van der Waals surface area contributed by atoms with Crippen LogP contribution in [0.5, 0.6) is 0 Å². The summed E-state index contributed by atoms with van der Waals surface area (Å²) in [5.74, 6) is 0. The molecule has 0 aromatic rings. The van der Waals surface area contributed by atoms with Crippen molar-refractivity contribution in [2.75, 3.05) is 0 Å². The van der Waals surface area contributed by atoms with Crippen LogP contribution in [0, 0.1) is 0 Å². The fraction of sp³-hybridized carbons (Fsp3) is 0. The third kappa shape index (κ3) is 20.9. The molecular formula is H3BCoCrPtTa. The molecule has 36 valence electrons. The molecule has 5 heavy (non-hydrogen) atoms. The van der Waals surface area contributed by atoms with E-state index in [1.807, 2.05) is 0 Å². The number of hydrogen-bond donors (Lipinski definition) is 0. The summed E-state index contributed by atoms with van der Waals surface area (Å²) in [7, 11) is 0. The molecule has 0 aromatic carbocycles. The topological polar surface area (TPSA) is 0 Å². The minimum Gasteiger partial charge on any atom is 0 e. The van der Waals surface area contributed by atoms with Crippen molar-refractivity contribution in [2.45, 2.75) is 0 Å². The van der Waals surface area contributed by atoms with Gasteiger partial charge in [0.05, 0.1) is 8.41 Å². The van der Waals surface area contributed by atoms with E-state index in [9.17, 15) is 0 Å². The van der Waals surface area contributed by atoms with Crippen molar-refractivity contribution in [3.05, 3.63) is 0 Å². The van der Waals surface area contributed by atoms with Gasteiger partial charge in [0.15, 0.2) is 0 Å². The SMILES string of the molecule is B.[Co].[Cr].[Pt].[Ta]. The minimum atomic E-state index is 0. The second-order valence-electron chi connectivity index (χ2n) is 0. The van der Waals surface area contributed by atoms with Gasteiger partial charge in [-0.25, -0.2) is 0 Å². The summed E-state index contributed by atoms with van der Waals surface area (Å²) in [5, 5.41) is 0. The van der Waals surface area contributed by atoms with Crippen LogP contribution in [0.2, 0.25) is 0 Å². The fourth-order valence-electron chi connectivity index (χ4n) is 0. The molecule has 0 atom stereocenters. The van der Waals surface area contributed by atoms with Crippen LogP contribution < -0.4 is 0 Å². The first-order valence-electron chi connectivity index (χ1n) is 0.